The zero-order valence-electron chi connectivity index (χ0n) is 12.3. The molecule has 1 aromatic carbocycles. The predicted molar refractivity (Wildman–Crippen MR) is 80.8 cm³/mol. The SMILES string of the molecule is Cc1ccc(C(C)NC(=O)[C@H]2Cc3ccccc3CN2)o1. The van der Waals surface area contributed by atoms with E-state index >= 15 is 0 Å². The first-order valence-corrected chi connectivity index (χ1v) is 7.30. The predicted octanol–water partition coefficient (Wildman–Crippen LogP) is 2.48. The average molecular weight is 284 g/mol. The molecule has 4 nitrogen and oxygen atoms in total. The standard InChI is InChI=1S/C17H20N2O2/c1-11-7-8-16(21-11)12(2)19-17(20)15-9-13-5-3-4-6-14(13)10-18-15/h3-8,12,15,18H,9-10H2,1-2H3,(H,19,20)/t12?,15-/m1/s1. The summed E-state index contributed by atoms with van der Waals surface area (Å²) in [5.74, 6) is 1.67. The second-order valence-corrected chi connectivity index (χ2v) is 5.59. The molecule has 3 rings (SSSR count). The van der Waals surface area contributed by atoms with E-state index < -0.39 is 0 Å². The topological polar surface area (TPSA) is 54.3 Å². The molecule has 2 atom stereocenters. The number of carbonyl (C=O) groups excluding carboxylic acids is 1. The van der Waals surface area contributed by atoms with E-state index in [4.69, 9.17) is 4.42 Å². The Hall–Kier alpha value is -2.07. The summed E-state index contributed by atoms with van der Waals surface area (Å²) >= 11 is 0. The van der Waals surface area contributed by atoms with Gasteiger partial charge < -0.3 is 15.1 Å². The van der Waals surface area contributed by atoms with Crippen LogP contribution in [0.25, 0.3) is 0 Å². The van der Waals surface area contributed by atoms with Crippen molar-refractivity contribution in [3.8, 4) is 0 Å². The molecule has 0 radical (unpaired) electrons. The molecule has 21 heavy (non-hydrogen) atoms. The van der Waals surface area contributed by atoms with E-state index in [0.717, 1.165) is 24.5 Å². The quantitative estimate of drug-likeness (QED) is 0.910. The molecule has 1 unspecified atom stereocenters. The summed E-state index contributed by atoms with van der Waals surface area (Å²) in [5, 5.41) is 6.31. The van der Waals surface area contributed by atoms with Crippen molar-refractivity contribution in [3.05, 3.63) is 59.0 Å². The van der Waals surface area contributed by atoms with Crippen molar-refractivity contribution in [1.29, 1.82) is 0 Å². The lowest BCUT2D eigenvalue weighted by Crippen LogP contribution is -2.48. The first kappa shape index (κ1) is 13.9. The van der Waals surface area contributed by atoms with Gasteiger partial charge in [-0.05, 0) is 43.5 Å². The maximum absolute atomic E-state index is 12.4. The van der Waals surface area contributed by atoms with Crippen LogP contribution in [0.1, 0.15) is 35.6 Å². The van der Waals surface area contributed by atoms with E-state index in [2.05, 4.69) is 22.8 Å². The third kappa shape index (κ3) is 3.00. The second-order valence-electron chi connectivity index (χ2n) is 5.59. The summed E-state index contributed by atoms with van der Waals surface area (Å²) < 4.78 is 5.55. The van der Waals surface area contributed by atoms with Gasteiger partial charge in [-0.2, -0.15) is 0 Å². The van der Waals surface area contributed by atoms with E-state index in [9.17, 15) is 4.79 Å². The normalized spacial score (nSPS) is 18.9. The van der Waals surface area contributed by atoms with Gasteiger partial charge >= 0.3 is 0 Å². The molecule has 0 aliphatic carbocycles. The molecule has 1 aromatic heterocycles. The molecule has 0 saturated heterocycles. The minimum absolute atomic E-state index is 0.0195. The number of carbonyl (C=O) groups is 1. The second kappa shape index (κ2) is 5.74. The number of aryl methyl sites for hydroxylation is 1. The van der Waals surface area contributed by atoms with Gasteiger partial charge in [0.15, 0.2) is 0 Å². The summed E-state index contributed by atoms with van der Waals surface area (Å²) in [7, 11) is 0. The fourth-order valence-electron chi connectivity index (χ4n) is 2.71. The average Bonchev–Trinajstić information content (AvgIpc) is 2.93. The highest BCUT2D eigenvalue weighted by molar-refractivity contribution is 5.82. The maximum Gasteiger partial charge on any atom is 0.238 e. The zero-order valence-corrected chi connectivity index (χ0v) is 12.3. The summed E-state index contributed by atoms with van der Waals surface area (Å²) in [6.07, 6.45) is 0.728. The molecule has 110 valence electrons. The Labute approximate surface area is 124 Å². The van der Waals surface area contributed by atoms with Gasteiger partial charge in [-0.15, -0.1) is 0 Å². The van der Waals surface area contributed by atoms with Crippen molar-refractivity contribution in [1.82, 2.24) is 10.6 Å². The Kier molecular flexibility index (Phi) is 3.80. The van der Waals surface area contributed by atoms with Crippen LogP contribution in [-0.4, -0.2) is 11.9 Å². The third-order valence-electron chi connectivity index (χ3n) is 3.94. The van der Waals surface area contributed by atoms with E-state index in [0.29, 0.717) is 0 Å². The number of nitrogens with one attached hydrogen (secondary N) is 2. The van der Waals surface area contributed by atoms with Crippen molar-refractivity contribution in [3.63, 3.8) is 0 Å². The van der Waals surface area contributed by atoms with Gasteiger partial charge in [-0.25, -0.2) is 0 Å². The minimum atomic E-state index is -0.182. The van der Waals surface area contributed by atoms with E-state index in [-0.39, 0.29) is 18.0 Å². The highest BCUT2D eigenvalue weighted by atomic mass is 16.3. The first-order valence-electron chi connectivity index (χ1n) is 7.30. The zero-order chi connectivity index (χ0) is 14.8. The van der Waals surface area contributed by atoms with Crippen molar-refractivity contribution >= 4 is 5.91 Å². The van der Waals surface area contributed by atoms with Crippen molar-refractivity contribution in [2.45, 2.75) is 38.9 Å². The lowest BCUT2D eigenvalue weighted by atomic mass is 9.95. The smallest absolute Gasteiger partial charge is 0.238 e. The lowest BCUT2D eigenvalue weighted by molar-refractivity contribution is -0.124. The largest absolute Gasteiger partial charge is 0.464 e. The Morgan fingerprint density at radius 1 is 1.29 bits per heavy atom. The molecular weight excluding hydrogens is 264 g/mol. The van der Waals surface area contributed by atoms with E-state index in [1.807, 2.05) is 38.1 Å². The summed E-state index contributed by atoms with van der Waals surface area (Å²) in [6.45, 7) is 4.58. The Bertz CT molecular complexity index is 648. The van der Waals surface area contributed by atoms with Crippen LogP contribution in [0, 0.1) is 6.92 Å². The highest BCUT2D eigenvalue weighted by Gasteiger charge is 2.25. The first-order chi connectivity index (χ1) is 10.1. The minimum Gasteiger partial charge on any atom is -0.464 e. The van der Waals surface area contributed by atoms with Crippen LogP contribution in [0.15, 0.2) is 40.8 Å². The summed E-state index contributed by atoms with van der Waals surface area (Å²) in [5.41, 5.74) is 2.52. The number of amides is 1. The molecule has 0 saturated carbocycles. The number of rotatable bonds is 3. The van der Waals surface area contributed by atoms with Gasteiger partial charge in [0.2, 0.25) is 5.91 Å². The number of fused-ring (bicyclic) bond motifs is 1. The molecule has 0 spiro atoms. The molecule has 0 bridgehead atoms. The monoisotopic (exact) mass is 284 g/mol. The van der Waals surface area contributed by atoms with Crippen molar-refractivity contribution in [2.24, 2.45) is 0 Å². The Balaban J connectivity index is 1.64. The number of hydrogen-bond donors (Lipinski definition) is 2. The molecule has 1 aliphatic rings. The lowest BCUT2D eigenvalue weighted by Gasteiger charge is -2.26. The molecule has 4 heteroatoms. The van der Waals surface area contributed by atoms with Crippen LogP contribution < -0.4 is 10.6 Å². The van der Waals surface area contributed by atoms with Crippen LogP contribution in [0.3, 0.4) is 0 Å². The van der Waals surface area contributed by atoms with Gasteiger partial charge in [0.25, 0.3) is 0 Å². The number of benzene rings is 1. The van der Waals surface area contributed by atoms with Crippen LogP contribution in [0.4, 0.5) is 0 Å². The van der Waals surface area contributed by atoms with E-state index in [1.165, 1.54) is 11.1 Å². The molecule has 2 N–H and O–H groups in total. The molecule has 1 aliphatic heterocycles. The van der Waals surface area contributed by atoms with Crippen LogP contribution >= 0.6 is 0 Å². The summed E-state index contributed by atoms with van der Waals surface area (Å²) in [6, 6.07) is 11.8. The van der Waals surface area contributed by atoms with Crippen molar-refractivity contribution < 1.29 is 9.21 Å². The molecule has 0 fully saturated rings. The van der Waals surface area contributed by atoms with Crippen LogP contribution in [-0.2, 0) is 17.8 Å². The fraction of sp³-hybridized carbons (Fsp3) is 0.353. The molecule has 2 aromatic rings. The van der Waals surface area contributed by atoms with Gasteiger partial charge in [-0.3, -0.25) is 4.79 Å². The van der Waals surface area contributed by atoms with Crippen LogP contribution in [0.2, 0.25) is 0 Å². The number of hydrogen-bond acceptors (Lipinski definition) is 3. The van der Waals surface area contributed by atoms with E-state index in [1.54, 1.807) is 0 Å². The van der Waals surface area contributed by atoms with Gasteiger partial charge in [0.05, 0.1) is 12.1 Å². The van der Waals surface area contributed by atoms with Gasteiger partial charge in [-0.1, -0.05) is 24.3 Å². The highest BCUT2D eigenvalue weighted by Crippen LogP contribution is 2.18. The maximum atomic E-state index is 12.4. The molecule has 2 heterocycles. The number of furan rings is 1. The third-order valence-corrected chi connectivity index (χ3v) is 3.94. The summed E-state index contributed by atoms with van der Waals surface area (Å²) in [4.78, 5) is 12.4. The molecule has 1 amide bonds. The van der Waals surface area contributed by atoms with Gasteiger partial charge in [0.1, 0.15) is 11.5 Å². The van der Waals surface area contributed by atoms with Crippen LogP contribution in [0.5, 0.6) is 0 Å². The van der Waals surface area contributed by atoms with Crippen molar-refractivity contribution in [2.75, 3.05) is 0 Å². The Morgan fingerprint density at radius 3 is 2.76 bits per heavy atom. The van der Waals surface area contributed by atoms with Gasteiger partial charge in [0, 0.05) is 6.54 Å². The molecular formula is C17H20N2O2. The Morgan fingerprint density at radius 2 is 2.05 bits per heavy atom. The fourth-order valence-corrected chi connectivity index (χ4v) is 2.71.